The largest absolute Gasteiger partial charge is 0.427 e. The van der Waals surface area contributed by atoms with Gasteiger partial charge in [-0.2, -0.15) is 5.10 Å². The number of nitrogens with one attached hydrogen (secondary N) is 1. The van der Waals surface area contributed by atoms with E-state index in [1.165, 1.54) is 11.5 Å². The average molecular weight is 521 g/mol. The van der Waals surface area contributed by atoms with Crippen molar-refractivity contribution in [1.29, 1.82) is 0 Å². The lowest BCUT2D eigenvalue weighted by Crippen LogP contribution is -2.24. The molecule has 4 rings (SSSR count). The third-order valence-corrected chi connectivity index (χ3v) is 6.23. The maximum atomic E-state index is 13.3. The normalized spacial score (nSPS) is 11.4. The Balaban J connectivity index is 1.51. The van der Waals surface area contributed by atoms with Crippen molar-refractivity contribution in [2.24, 2.45) is 5.10 Å². The van der Waals surface area contributed by atoms with E-state index in [2.05, 4.69) is 15.5 Å². The molecule has 0 atom stereocenters. The number of ether oxygens (including phenoxy) is 1. The van der Waals surface area contributed by atoms with Gasteiger partial charge < -0.3 is 4.74 Å². The number of thioether (sulfide) groups is 1. The summed E-state index contributed by atoms with van der Waals surface area (Å²) < 4.78 is 6.48. The SMILES string of the molecule is CC(=O)Oc1ccc(/C(C)=N/NC(=O)CSc2nc3ccccc3c(=O)n2-c2ccc(Cl)cc2)cc1. The molecule has 0 bridgehead atoms. The zero-order chi connectivity index (χ0) is 25.7. The number of carbonyl (C=O) groups is 2. The van der Waals surface area contributed by atoms with E-state index in [-0.39, 0.29) is 17.2 Å². The number of halogens is 1. The molecule has 0 aliphatic heterocycles. The minimum Gasteiger partial charge on any atom is -0.427 e. The summed E-state index contributed by atoms with van der Waals surface area (Å²) >= 11 is 7.14. The first-order valence-corrected chi connectivity index (χ1v) is 12.2. The third-order valence-electron chi connectivity index (χ3n) is 5.04. The number of amides is 1. The lowest BCUT2D eigenvalue weighted by atomic mass is 10.1. The number of rotatable bonds is 7. The quantitative estimate of drug-likeness (QED) is 0.0954. The van der Waals surface area contributed by atoms with Crippen molar-refractivity contribution in [3.63, 3.8) is 0 Å². The molecule has 0 radical (unpaired) electrons. The van der Waals surface area contributed by atoms with Gasteiger partial charge in [-0.15, -0.1) is 0 Å². The molecule has 36 heavy (non-hydrogen) atoms. The van der Waals surface area contributed by atoms with Crippen LogP contribution in [0.15, 0.2) is 87.8 Å². The summed E-state index contributed by atoms with van der Waals surface area (Å²) in [4.78, 5) is 41.5. The monoisotopic (exact) mass is 520 g/mol. The molecule has 1 N–H and O–H groups in total. The fraction of sp³-hybridized carbons (Fsp3) is 0.115. The van der Waals surface area contributed by atoms with Gasteiger partial charge in [0.2, 0.25) is 0 Å². The molecule has 0 spiro atoms. The number of nitrogens with zero attached hydrogens (tertiary/aromatic N) is 3. The molecular weight excluding hydrogens is 500 g/mol. The van der Waals surface area contributed by atoms with E-state index in [0.717, 1.165) is 17.3 Å². The molecule has 3 aromatic carbocycles. The Bertz CT molecular complexity index is 1520. The van der Waals surface area contributed by atoms with E-state index in [4.69, 9.17) is 16.3 Å². The number of hydrogen-bond acceptors (Lipinski definition) is 7. The summed E-state index contributed by atoms with van der Waals surface area (Å²) in [7, 11) is 0. The molecule has 0 aliphatic carbocycles. The first kappa shape index (κ1) is 25.2. The summed E-state index contributed by atoms with van der Waals surface area (Å²) in [6, 6.07) is 20.7. The number of para-hydroxylation sites is 1. The second-order valence-corrected chi connectivity index (χ2v) is 9.05. The molecule has 10 heteroatoms. The van der Waals surface area contributed by atoms with Crippen LogP contribution in [0.2, 0.25) is 5.02 Å². The molecule has 0 saturated heterocycles. The van der Waals surface area contributed by atoms with Crippen molar-refractivity contribution in [2.45, 2.75) is 19.0 Å². The molecule has 182 valence electrons. The van der Waals surface area contributed by atoms with Crippen molar-refractivity contribution in [1.82, 2.24) is 15.0 Å². The predicted molar refractivity (Wildman–Crippen MR) is 141 cm³/mol. The summed E-state index contributed by atoms with van der Waals surface area (Å²) in [6.07, 6.45) is 0. The fourth-order valence-corrected chi connectivity index (χ4v) is 4.26. The van der Waals surface area contributed by atoms with E-state index < -0.39 is 5.97 Å². The Morgan fingerprint density at radius 2 is 1.72 bits per heavy atom. The van der Waals surface area contributed by atoms with Crippen molar-refractivity contribution >= 4 is 51.9 Å². The fourth-order valence-electron chi connectivity index (χ4n) is 3.33. The maximum Gasteiger partial charge on any atom is 0.308 e. The van der Waals surface area contributed by atoms with Crippen LogP contribution in [0.25, 0.3) is 16.6 Å². The Kier molecular flexibility index (Phi) is 7.82. The second-order valence-electron chi connectivity index (χ2n) is 7.67. The molecular formula is C26H21ClN4O4S. The van der Waals surface area contributed by atoms with E-state index >= 15 is 0 Å². The molecule has 4 aromatic rings. The van der Waals surface area contributed by atoms with E-state index in [1.54, 1.807) is 79.7 Å². The highest BCUT2D eigenvalue weighted by Crippen LogP contribution is 2.22. The van der Waals surface area contributed by atoms with Gasteiger partial charge in [-0.25, -0.2) is 10.4 Å². The highest BCUT2D eigenvalue weighted by Gasteiger charge is 2.15. The van der Waals surface area contributed by atoms with Crippen LogP contribution >= 0.6 is 23.4 Å². The Morgan fingerprint density at radius 3 is 2.42 bits per heavy atom. The van der Waals surface area contributed by atoms with Gasteiger partial charge in [0.05, 0.1) is 28.1 Å². The maximum absolute atomic E-state index is 13.3. The average Bonchev–Trinajstić information content (AvgIpc) is 2.87. The topological polar surface area (TPSA) is 103 Å². The van der Waals surface area contributed by atoms with Gasteiger partial charge in [0.1, 0.15) is 5.75 Å². The van der Waals surface area contributed by atoms with Gasteiger partial charge in [0.25, 0.3) is 11.5 Å². The third kappa shape index (κ3) is 5.99. The Labute approximate surface area is 216 Å². The van der Waals surface area contributed by atoms with Crippen LogP contribution in [0.1, 0.15) is 19.4 Å². The molecule has 0 aliphatic rings. The second kappa shape index (κ2) is 11.2. The zero-order valence-electron chi connectivity index (χ0n) is 19.4. The standard InChI is InChI=1S/C26H21ClN4O4S/c1-16(18-7-13-21(14-8-18)35-17(2)32)29-30-24(33)15-36-26-28-23-6-4-3-5-22(23)25(34)31(26)20-11-9-19(27)10-12-20/h3-14H,15H2,1-2H3,(H,30,33)/b29-16+. The number of esters is 1. The summed E-state index contributed by atoms with van der Waals surface area (Å²) in [5.74, 6) is -0.351. The molecule has 0 unspecified atom stereocenters. The highest BCUT2D eigenvalue weighted by molar-refractivity contribution is 7.99. The van der Waals surface area contributed by atoms with Crippen molar-refractivity contribution < 1.29 is 14.3 Å². The number of hydrogen-bond donors (Lipinski definition) is 1. The van der Waals surface area contributed by atoms with Gasteiger partial charge in [0, 0.05) is 11.9 Å². The van der Waals surface area contributed by atoms with Crippen molar-refractivity contribution in [2.75, 3.05) is 5.75 Å². The Morgan fingerprint density at radius 1 is 1.03 bits per heavy atom. The predicted octanol–water partition coefficient (Wildman–Crippen LogP) is 4.60. The summed E-state index contributed by atoms with van der Waals surface area (Å²) in [6.45, 7) is 3.08. The smallest absolute Gasteiger partial charge is 0.308 e. The first-order chi connectivity index (χ1) is 17.3. The number of fused-ring (bicyclic) bond motifs is 1. The molecule has 1 amide bonds. The van der Waals surface area contributed by atoms with Crippen LogP contribution in [0.5, 0.6) is 5.75 Å². The lowest BCUT2D eigenvalue weighted by molar-refractivity contribution is -0.131. The molecule has 0 fully saturated rings. The number of carbonyl (C=O) groups excluding carboxylic acids is 2. The van der Waals surface area contributed by atoms with Crippen LogP contribution in [0, 0.1) is 0 Å². The van der Waals surface area contributed by atoms with E-state index in [9.17, 15) is 14.4 Å². The summed E-state index contributed by atoms with van der Waals surface area (Å²) in [5.41, 5.74) is 4.75. The van der Waals surface area contributed by atoms with Crippen LogP contribution in [-0.4, -0.2) is 32.9 Å². The number of hydrazone groups is 1. The Hall–Kier alpha value is -3.95. The molecule has 1 heterocycles. The molecule has 1 aromatic heterocycles. The van der Waals surface area contributed by atoms with Crippen molar-refractivity contribution in [3.8, 4) is 11.4 Å². The van der Waals surface area contributed by atoms with E-state index in [0.29, 0.717) is 38.2 Å². The van der Waals surface area contributed by atoms with E-state index in [1.807, 2.05) is 0 Å². The molecule has 0 saturated carbocycles. The first-order valence-electron chi connectivity index (χ1n) is 10.8. The summed E-state index contributed by atoms with van der Waals surface area (Å²) in [5, 5.41) is 5.54. The van der Waals surface area contributed by atoms with Crippen molar-refractivity contribution in [3.05, 3.63) is 93.7 Å². The van der Waals surface area contributed by atoms with Gasteiger partial charge in [-0.1, -0.05) is 35.5 Å². The lowest BCUT2D eigenvalue weighted by Gasteiger charge is -2.13. The number of benzene rings is 3. The van der Waals surface area contributed by atoms with Crippen LogP contribution < -0.4 is 15.7 Å². The highest BCUT2D eigenvalue weighted by atomic mass is 35.5. The van der Waals surface area contributed by atoms with Crippen LogP contribution in [-0.2, 0) is 9.59 Å². The minimum absolute atomic E-state index is 0.0134. The molecule has 8 nitrogen and oxygen atoms in total. The van der Waals surface area contributed by atoms with Crippen LogP contribution in [0.4, 0.5) is 0 Å². The van der Waals surface area contributed by atoms with Gasteiger partial charge in [-0.05, 0) is 73.2 Å². The van der Waals surface area contributed by atoms with Gasteiger partial charge in [-0.3, -0.25) is 19.0 Å². The minimum atomic E-state index is -0.403. The number of aromatic nitrogens is 2. The van der Waals surface area contributed by atoms with Gasteiger partial charge in [0.15, 0.2) is 5.16 Å². The van der Waals surface area contributed by atoms with Gasteiger partial charge >= 0.3 is 5.97 Å². The van der Waals surface area contributed by atoms with Crippen LogP contribution in [0.3, 0.4) is 0 Å². The zero-order valence-corrected chi connectivity index (χ0v) is 21.0.